The van der Waals surface area contributed by atoms with Crippen LogP contribution in [-0.4, -0.2) is 19.3 Å². The fourth-order valence-corrected chi connectivity index (χ4v) is 4.65. The molecule has 27 heavy (non-hydrogen) atoms. The Bertz CT molecular complexity index is 840. The molecule has 1 aliphatic rings. The molecule has 148 valence electrons. The number of thiophene rings is 1. The molecule has 1 unspecified atom stereocenters. The molecule has 0 bridgehead atoms. The summed E-state index contributed by atoms with van der Waals surface area (Å²) in [6.45, 7) is -0.599. The summed E-state index contributed by atoms with van der Waals surface area (Å²) in [7, 11) is 0. The van der Waals surface area contributed by atoms with Gasteiger partial charge in [0.25, 0.3) is 0 Å². The molecule has 0 radical (unpaired) electrons. The maximum atomic E-state index is 14.0. The molecule has 1 fully saturated rings. The van der Waals surface area contributed by atoms with Crippen molar-refractivity contribution in [3.05, 3.63) is 49.8 Å². The van der Waals surface area contributed by atoms with Gasteiger partial charge in [-0.2, -0.15) is 26.3 Å². The molecule has 0 spiro atoms. The largest absolute Gasteiger partial charge is 0.417 e. The van der Waals surface area contributed by atoms with Crippen molar-refractivity contribution in [1.82, 2.24) is 0 Å². The van der Waals surface area contributed by atoms with Gasteiger partial charge in [-0.3, -0.25) is 0 Å². The number of rotatable bonds is 2. The van der Waals surface area contributed by atoms with E-state index in [0.29, 0.717) is 0 Å². The number of benzene rings is 1. The van der Waals surface area contributed by atoms with Crippen LogP contribution < -0.4 is 4.90 Å². The molecule has 1 nitrogen and oxygen atoms in total. The van der Waals surface area contributed by atoms with Gasteiger partial charge in [0.05, 0.1) is 25.6 Å². The van der Waals surface area contributed by atoms with E-state index in [-0.39, 0.29) is 38.6 Å². The van der Waals surface area contributed by atoms with Gasteiger partial charge in [-0.15, -0.1) is 11.3 Å². The first-order valence-corrected chi connectivity index (χ1v) is 9.49. The van der Waals surface area contributed by atoms with Crippen LogP contribution in [0.2, 0.25) is 15.1 Å². The molecule has 0 N–H and O–H groups in total. The summed E-state index contributed by atoms with van der Waals surface area (Å²) in [6.07, 6.45) is -9.55. The summed E-state index contributed by atoms with van der Waals surface area (Å²) in [5.41, 5.74) is -3.36. The number of alkyl halides is 6. The molecule has 1 aromatic heterocycles. The van der Waals surface area contributed by atoms with E-state index >= 15 is 0 Å². The molecule has 1 aromatic carbocycles. The van der Waals surface area contributed by atoms with Crippen LogP contribution in [0.25, 0.3) is 0 Å². The molecule has 0 aliphatic carbocycles. The molecular weight excluding hydrogens is 459 g/mol. The molecule has 2 aromatic rings. The van der Waals surface area contributed by atoms with Crippen LogP contribution >= 0.6 is 46.1 Å². The zero-order valence-electron chi connectivity index (χ0n) is 13.2. The maximum absolute atomic E-state index is 14.0. The molecular formula is C16H10Cl3F6NS. The van der Waals surface area contributed by atoms with Crippen LogP contribution in [0.1, 0.15) is 17.5 Å². The molecule has 0 saturated carbocycles. The van der Waals surface area contributed by atoms with Crippen LogP contribution in [0.4, 0.5) is 31.3 Å². The van der Waals surface area contributed by atoms with Gasteiger partial charge in [0.2, 0.25) is 0 Å². The molecule has 0 amide bonds. The number of hydrogen-bond donors (Lipinski definition) is 0. The first-order valence-electron chi connectivity index (χ1n) is 7.47. The highest BCUT2D eigenvalue weighted by Crippen LogP contribution is 2.51. The third kappa shape index (κ3) is 3.73. The minimum absolute atomic E-state index is 0.0534. The predicted molar refractivity (Wildman–Crippen MR) is 95.4 cm³/mol. The van der Waals surface area contributed by atoms with Crippen LogP contribution in [0, 0.1) is 0 Å². The van der Waals surface area contributed by atoms with Gasteiger partial charge in [0.1, 0.15) is 5.41 Å². The average Bonchev–Trinajstić information content (AvgIpc) is 3.18. The van der Waals surface area contributed by atoms with Gasteiger partial charge >= 0.3 is 12.4 Å². The van der Waals surface area contributed by atoms with E-state index in [4.69, 9.17) is 34.8 Å². The Kier molecular flexibility index (Phi) is 5.34. The zero-order chi connectivity index (χ0) is 20.2. The normalized spacial score (nSPS) is 21.1. The Hall–Kier alpha value is -0.830. The van der Waals surface area contributed by atoms with Crippen molar-refractivity contribution >= 4 is 51.1 Å². The summed E-state index contributed by atoms with van der Waals surface area (Å²) in [6, 6.07) is 3.09. The second-order valence-corrected chi connectivity index (χ2v) is 8.26. The van der Waals surface area contributed by atoms with Crippen LogP contribution in [0.15, 0.2) is 23.6 Å². The minimum Gasteiger partial charge on any atom is -0.362 e. The van der Waals surface area contributed by atoms with Gasteiger partial charge in [-0.1, -0.05) is 34.8 Å². The number of hydrogen-bond acceptors (Lipinski definition) is 2. The van der Waals surface area contributed by atoms with Gasteiger partial charge in [0, 0.05) is 18.5 Å². The van der Waals surface area contributed by atoms with E-state index < -0.39 is 29.9 Å². The Morgan fingerprint density at radius 3 is 2.04 bits per heavy atom. The highest BCUT2D eigenvalue weighted by atomic mass is 35.5. The lowest BCUT2D eigenvalue weighted by Gasteiger charge is -2.33. The fraction of sp³-hybridized carbons (Fsp3) is 0.375. The van der Waals surface area contributed by atoms with E-state index in [2.05, 4.69) is 0 Å². The second-order valence-electron chi connectivity index (χ2n) is 6.18. The number of anilines is 1. The Labute approximate surface area is 169 Å². The van der Waals surface area contributed by atoms with Crippen molar-refractivity contribution in [2.45, 2.75) is 24.2 Å². The van der Waals surface area contributed by atoms with E-state index in [0.717, 1.165) is 34.9 Å². The van der Waals surface area contributed by atoms with Crippen LogP contribution in [0.5, 0.6) is 0 Å². The molecule has 1 saturated heterocycles. The quantitative estimate of drug-likeness (QED) is 0.327. The number of halogens is 9. The fourth-order valence-electron chi connectivity index (χ4n) is 3.10. The lowest BCUT2D eigenvalue weighted by Crippen LogP contribution is -2.44. The van der Waals surface area contributed by atoms with Crippen LogP contribution in [-0.2, 0) is 11.6 Å². The predicted octanol–water partition coefficient (Wildman–Crippen LogP) is 7.44. The van der Waals surface area contributed by atoms with Gasteiger partial charge in [-0.05, 0) is 30.2 Å². The van der Waals surface area contributed by atoms with Crippen molar-refractivity contribution in [2.24, 2.45) is 0 Å². The zero-order valence-corrected chi connectivity index (χ0v) is 16.3. The summed E-state index contributed by atoms with van der Waals surface area (Å²) in [5, 5.41) is 0.731. The van der Waals surface area contributed by atoms with Gasteiger partial charge < -0.3 is 4.90 Å². The van der Waals surface area contributed by atoms with E-state index in [9.17, 15) is 26.3 Å². The maximum Gasteiger partial charge on any atom is 0.417 e. The molecule has 11 heteroatoms. The Balaban J connectivity index is 2.00. The van der Waals surface area contributed by atoms with Gasteiger partial charge in [-0.25, -0.2) is 0 Å². The molecule has 1 aliphatic heterocycles. The summed E-state index contributed by atoms with van der Waals surface area (Å²) in [4.78, 5) is 1.30. The van der Waals surface area contributed by atoms with Crippen molar-refractivity contribution < 1.29 is 26.3 Å². The Morgan fingerprint density at radius 1 is 0.963 bits per heavy atom. The minimum atomic E-state index is -4.66. The van der Waals surface area contributed by atoms with Crippen molar-refractivity contribution in [3.8, 4) is 0 Å². The smallest absolute Gasteiger partial charge is 0.362 e. The summed E-state index contributed by atoms with van der Waals surface area (Å²) in [5.74, 6) is 0. The van der Waals surface area contributed by atoms with Crippen molar-refractivity contribution in [3.63, 3.8) is 0 Å². The first-order chi connectivity index (χ1) is 12.3. The average molecular weight is 469 g/mol. The molecule has 2 heterocycles. The van der Waals surface area contributed by atoms with Crippen molar-refractivity contribution in [2.75, 3.05) is 18.0 Å². The number of nitrogens with zero attached hydrogens (tertiary/aromatic N) is 1. The first kappa shape index (κ1) is 20.9. The standard InChI is InChI=1S/C16H10Cl3F6NS/c17-10-3-8(4-11(18)13(10)19)14(16(23,24)25)1-2-26(7-14)12-5-9(6-27-12)15(20,21)22/h3-6H,1-2,7H2. The highest BCUT2D eigenvalue weighted by molar-refractivity contribution is 7.14. The third-order valence-corrected chi connectivity index (χ3v) is 6.76. The van der Waals surface area contributed by atoms with E-state index in [1.165, 1.54) is 4.90 Å². The lowest BCUT2D eigenvalue weighted by atomic mass is 9.79. The highest BCUT2D eigenvalue weighted by Gasteiger charge is 2.59. The second kappa shape index (κ2) is 6.90. The lowest BCUT2D eigenvalue weighted by molar-refractivity contribution is -0.184. The summed E-state index contributed by atoms with van der Waals surface area (Å²) >= 11 is 18.4. The van der Waals surface area contributed by atoms with Crippen LogP contribution in [0.3, 0.4) is 0 Å². The molecule has 3 rings (SSSR count). The van der Waals surface area contributed by atoms with E-state index in [1.807, 2.05) is 0 Å². The summed E-state index contributed by atoms with van der Waals surface area (Å²) < 4.78 is 80.4. The molecule has 1 atom stereocenters. The SMILES string of the molecule is FC(F)(F)c1csc(N2CCC(c3cc(Cl)c(Cl)c(Cl)c3)(C(F)(F)F)C2)c1. The topological polar surface area (TPSA) is 3.24 Å². The van der Waals surface area contributed by atoms with Crippen molar-refractivity contribution in [1.29, 1.82) is 0 Å². The third-order valence-electron chi connectivity index (χ3n) is 4.57. The van der Waals surface area contributed by atoms with Gasteiger partial charge in [0.15, 0.2) is 0 Å². The Morgan fingerprint density at radius 2 is 1.56 bits per heavy atom. The van der Waals surface area contributed by atoms with E-state index in [1.54, 1.807) is 0 Å². The monoisotopic (exact) mass is 467 g/mol.